The van der Waals surface area contributed by atoms with E-state index in [2.05, 4.69) is 20.1 Å². The number of ether oxygens (including phenoxy) is 2. The molecule has 1 aromatic carbocycles. The Morgan fingerprint density at radius 1 is 1.18 bits per heavy atom. The van der Waals surface area contributed by atoms with Gasteiger partial charge in [-0.25, -0.2) is 19.3 Å². The highest BCUT2D eigenvalue weighted by molar-refractivity contribution is 5.92. The minimum atomic E-state index is -0.771. The van der Waals surface area contributed by atoms with E-state index in [9.17, 15) is 14.4 Å². The molecule has 0 aliphatic heterocycles. The molecule has 1 N–H and O–H groups in total. The lowest BCUT2D eigenvalue weighted by molar-refractivity contribution is -0.145. The van der Waals surface area contributed by atoms with Gasteiger partial charge < -0.3 is 14.8 Å². The van der Waals surface area contributed by atoms with E-state index in [0.29, 0.717) is 18.5 Å². The Morgan fingerprint density at radius 2 is 1.89 bits per heavy atom. The highest BCUT2D eigenvalue weighted by atomic mass is 16.5. The fourth-order valence-corrected chi connectivity index (χ4v) is 2.53. The number of aromatic nitrogens is 3. The van der Waals surface area contributed by atoms with Gasteiger partial charge in [-0.2, -0.15) is 5.10 Å². The van der Waals surface area contributed by atoms with Crippen LogP contribution in [0.15, 0.2) is 36.9 Å². The van der Waals surface area contributed by atoms with E-state index in [1.54, 1.807) is 35.3 Å². The van der Waals surface area contributed by atoms with Gasteiger partial charge in [0.2, 0.25) is 0 Å². The van der Waals surface area contributed by atoms with Gasteiger partial charge in [-0.05, 0) is 30.0 Å². The maximum atomic E-state index is 12.1. The van der Waals surface area contributed by atoms with Gasteiger partial charge in [0.15, 0.2) is 6.61 Å². The Hall–Kier alpha value is -3.23. The molecule has 0 radical (unpaired) electrons. The second-order valence-corrected chi connectivity index (χ2v) is 6.64. The van der Waals surface area contributed by atoms with Gasteiger partial charge >= 0.3 is 11.9 Å². The standard InChI is InChI=1S/C19H24N4O5/c1-13(2)8-16(19(26)27-3)22-17(24)10-28-18(25)15-6-4-14(5-7-15)9-23-12-20-11-21-23/h4-7,11-13,16H,8-10H2,1-3H3,(H,22,24)/t16-/m0/s1. The van der Waals surface area contributed by atoms with Crippen LogP contribution in [-0.2, 0) is 25.6 Å². The molecule has 0 aliphatic carbocycles. The maximum Gasteiger partial charge on any atom is 0.338 e. The van der Waals surface area contributed by atoms with Crippen LogP contribution in [0.4, 0.5) is 0 Å². The first-order valence-electron chi connectivity index (χ1n) is 8.84. The lowest BCUT2D eigenvalue weighted by Crippen LogP contribution is -2.44. The van der Waals surface area contributed by atoms with E-state index >= 15 is 0 Å². The van der Waals surface area contributed by atoms with Crippen LogP contribution in [0.5, 0.6) is 0 Å². The predicted molar refractivity (Wildman–Crippen MR) is 99.3 cm³/mol. The number of rotatable bonds is 9. The second-order valence-electron chi connectivity index (χ2n) is 6.64. The van der Waals surface area contributed by atoms with E-state index in [1.807, 2.05) is 13.8 Å². The third-order valence-electron chi connectivity index (χ3n) is 3.86. The summed E-state index contributed by atoms with van der Waals surface area (Å²) in [5.74, 6) is -1.53. The van der Waals surface area contributed by atoms with Crippen molar-refractivity contribution in [1.82, 2.24) is 20.1 Å². The van der Waals surface area contributed by atoms with Crippen LogP contribution >= 0.6 is 0 Å². The summed E-state index contributed by atoms with van der Waals surface area (Å²) in [6.07, 6.45) is 3.48. The molecular weight excluding hydrogens is 364 g/mol. The Balaban J connectivity index is 1.84. The molecule has 0 unspecified atom stereocenters. The third kappa shape index (κ3) is 6.49. The molecular formula is C19H24N4O5. The van der Waals surface area contributed by atoms with E-state index < -0.39 is 30.5 Å². The summed E-state index contributed by atoms with van der Waals surface area (Å²) in [5, 5.41) is 6.55. The quantitative estimate of drug-likeness (QED) is 0.642. The van der Waals surface area contributed by atoms with Crippen molar-refractivity contribution in [2.24, 2.45) is 5.92 Å². The monoisotopic (exact) mass is 388 g/mol. The lowest BCUT2D eigenvalue weighted by Gasteiger charge is -2.18. The summed E-state index contributed by atoms with van der Waals surface area (Å²) in [6, 6.07) is 6.00. The van der Waals surface area contributed by atoms with Crippen LogP contribution in [0.25, 0.3) is 0 Å². The minimum absolute atomic E-state index is 0.183. The number of esters is 2. The number of nitrogens with one attached hydrogen (secondary N) is 1. The van der Waals surface area contributed by atoms with Crippen molar-refractivity contribution in [3.63, 3.8) is 0 Å². The number of benzene rings is 1. The zero-order valence-corrected chi connectivity index (χ0v) is 16.1. The van der Waals surface area contributed by atoms with Crippen LogP contribution in [0.1, 0.15) is 36.2 Å². The largest absolute Gasteiger partial charge is 0.467 e. The number of amides is 1. The third-order valence-corrected chi connectivity index (χ3v) is 3.86. The Labute approximate surface area is 163 Å². The van der Waals surface area contributed by atoms with Gasteiger partial charge in [0.25, 0.3) is 5.91 Å². The number of hydrogen-bond acceptors (Lipinski definition) is 7. The molecule has 1 atom stereocenters. The van der Waals surface area contributed by atoms with Gasteiger partial charge in [0.1, 0.15) is 18.7 Å². The molecule has 2 rings (SSSR count). The molecule has 2 aromatic rings. The van der Waals surface area contributed by atoms with Crippen molar-refractivity contribution in [1.29, 1.82) is 0 Å². The molecule has 1 amide bonds. The first kappa shape index (κ1) is 21.1. The van der Waals surface area contributed by atoms with E-state index in [0.717, 1.165) is 5.56 Å². The molecule has 0 spiro atoms. The topological polar surface area (TPSA) is 112 Å². The predicted octanol–water partition coefficient (Wildman–Crippen LogP) is 1.19. The lowest BCUT2D eigenvalue weighted by atomic mass is 10.0. The zero-order valence-electron chi connectivity index (χ0n) is 16.1. The Bertz CT molecular complexity index is 787. The number of carbonyl (C=O) groups is 3. The fourth-order valence-electron chi connectivity index (χ4n) is 2.53. The number of carbonyl (C=O) groups excluding carboxylic acids is 3. The SMILES string of the molecule is COC(=O)[C@H](CC(C)C)NC(=O)COC(=O)c1ccc(Cn2cncn2)cc1. The Kier molecular flexibility index (Phi) is 7.67. The van der Waals surface area contributed by atoms with Crippen LogP contribution in [-0.4, -0.2) is 52.4 Å². The molecule has 1 aromatic heterocycles. The Morgan fingerprint density at radius 3 is 2.46 bits per heavy atom. The average molecular weight is 388 g/mol. The molecule has 0 bridgehead atoms. The van der Waals surface area contributed by atoms with Crippen molar-refractivity contribution in [3.05, 3.63) is 48.0 Å². The van der Waals surface area contributed by atoms with Gasteiger partial charge in [-0.3, -0.25) is 4.79 Å². The molecule has 1 heterocycles. The molecule has 9 heteroatoms. The van der Waals surface area contributed by atoms with Crippen LogP contribution in [0, 0.1) is 5.92 Å². The summed E-state index contributed by atoms with van der Waals surface area (Å²) in [4.78, 5) is 39.7. The van der Waals surface area contributed by atoms with Crippen molar-refractivity contribution >= 4 is 17.8 Å². The summed E-state index contributed by atoms with van der Waals surface area (Å²) in [6.45, 7) is 3.90. The van der Waals surface area contributed by atoms with Crippen molar-refractivity contribution in [3.8, 4) is 0 Å². The van der Waals surface area contributed by atoms with E-state index in [1.165, 1.54) is 13.4 Å². The number of hydrogen-bond donors (Lipinski definition) is 1. The summed E-state index contributed by atoms with van der Waals surface area (Å²) < 4.78 is 11.4. The van der Waals surface area contributed by atoms with Crippen LogP contribution < -0.4 is 5.32 Å². The average Bonchev–Trinajstić information content (AvgIpc) is 3.18. The molecule has 28 heavy (non-hydrogen) atoms. The highest BCUT2D eigenvalue weighted by Crippen LogP contribution is 2.08. The summed E-state index contributed by atoms with van der Waals surface area (Å²) in [5.41, 5.74) is 1.26. The normalized spacial score (nSPS) is 11.7. The van der Waals surface area contributed by atoms with Crippen molar-refractivity contribution in [2.75, 3.05) is 13.7 Å². The van der Waals surface area contributed by atoms with Gasteiger partial charge in [-0.15, -0.1) is 0 Å². The fraction of sp³-hybridized carbons (Fsp3) is 0.421. The van der Waals surface area contributed by atoms with E-state index in [4.69, 9.17) is 4.74 Å². The molecule has 0 saturated carbocycles. The zero-order chi connectivity index (χ0) is 20.5. The smallest absolute Gasteiger partial charge is 0.338 e. The van der Waals surface area contributed by atoms with Crippen LogP contribution in [0.2, 0.25) is 0 Å². The summed E-state index contributed by atoms with van der Waals surface area (Å²) >= 11 is 0. The number of nitrogens with zero attached hydrogens (tertiary/aromatic N) is 3. The molecule has 0 fully saturated rings. The second kappa shape index (κ2) is 10.2. The number of methoxy groups -OCH3 is 1. The van der Waals surface area contributed by atoms with Crippen molar-refractivity contribution < 1.29 is 23.9 Å². The maximum absolute atomic E-state index is 12.1. The first-order chi connectivity index (χ1) is 13.4. The van der Waals surface area contributed by atoms with Gasteiger partial charge in [0.05, 0.1) is 19.2 Å². The van der Waals surface area contributed by atoms with Gasteiger partial charge in [0, 0.05) is 0 Å². The van der Waals surface area contributed by atoms with E-state index in [-0.39, 0.29) is 5.92 Å². The molecule has 150 valence electrons. The molecule has 0 saturated heterocycles. The van der Waals surface area contributed by atoms with Crippen molar-refractivity contribution in [2.45, 2.75) is 32.9 Å². The van der Waals surface area contributed by atoms with Gasteiger partial charge in [-0.1, -0.05) is 26.0 Å². The summed E-state index contributed by atoms with van der Waals surface area (Å²) in [7, 11) is 1.26. The van der Waals surface area contributed by atoms with Crippen LogP contribution in [0.3, 0.4) is 0 Å². The molecule has 0 aliphatic rings. The first-order valence-corrected chi connectivity index (χ1v) is 8.84. The molecule has 9 nitrogen and oxygen atoms in total. The minimum Gasteiger partial charge on any atom is -0.467 e. The highest BCUT2D eigenvalue weighted by Gasteiger charge is 2.23.